The van der Waals surface area contributed by atoms with E-state index in [1.165, 1.54) is 14.2 Å². The SMILES string of the molecule is CCC(CNc1ncc(-c2ccc3cc(-c4c[nH]c([C@@H]5CCCN5C(=O)[C@@H](NC(=O)OC)C(C)C)n4)ccc3c2)cn1)N(C)C(=O)[C@@H](NC(=O)OC)C(C)C. The summed E-state index contributed by atoms with van der Waals surface area (Å²) in [6, 6.07) is 10.6. The molecule has 4 atom stereocenters. The number of hydrogen-bond acceptors (Lipinski definition) is 10. The van der Waals surface area contributed by atoms with Gasteiger partial charge in [-0.25, -0.2) is 24.5 Å². The van der Waals surface area contributed by atoms with Crippen LogP contribution < -0.4 is 16.0 Å². The highest BCUT2D eigenvalue weighted by atomic mass is 16.5. The molecule has 1 fully saturated rings. The van der Waals surface area contributed by atoms with E-state index in [0.717, 1.165) is 46.0 Å². The first-order valence-electron chi connectivity index (χ1n) is 18.8. The molecule has 15 heteroatoms. The first kappa shape index (κ1) is 40.5. The van der Waals surface area contributed by atoms with E-state index in [0.29, 0.717) is 31.3 Å². The zero-order valence-corrected chi connectivity index (χ0v) is 32.9. The molecule has 1 aliphatic heterocycles. The number of hydrogen-bond donors (Lipinski definition) is 4. The minimum atomic E-state index is -0.705. The smallest absolute Gasteiger partial charge is 0.407 e. The molecule has 3 heterocycles. The number of aromatic amines is 1. The van der Waals surface area contributed by atoms with Crippen LogP contribution in [-0.2, 0) is 19.1 Å². The van der Waals surface area contributed by atoms with Gasteiger partial charge in [0.2, 0.25) is 17.8 Å². The maximum atomic E-state index is 13.5. The quantitative estimate of drug-likeness (QED) is 0.123. The van der Waals surface area contributed by atoms with Crippen molar-refractivity contribution in [3.8, 4) is 22.4 Å². The zero-order valence-electron chi connectivity index (χ0n) is 32.9. The van der Waals surface area contributed by atoms with Crippen molar-refractivity contribution in [2.24, 2.45) is 11.8 Å². The Morgan fingerprint density at radius 2 is 1.49 bits per heavy atom. The summed E-state index contributed by atoms with van der Waals surface area (Å²) in [7, 11) is 4.29. The Kier molecular flexibility index (Phi) is 13.3. The van der Waals surface area contributed by atoms with Crippen LogP contribution in [0.4, 0.5) is 15.5 Å². The predicted molar refractivity (Wildman–Crippen MR) is 210 cm³/mol. The van der Waals surface area contributed by atoms with Gasteiger partial charge in [-0.15, -0.1) is 0 Å². The molecule has 0 aliphatic carbocycles. The summed E-state index contributed by atoms with van der Waals surface area (Å²) in [4.78, 5) is 71.3. The van der Waals surface area contributed by atoms with Crippen LogP contribution in [0, 0.1) is 11.8 Å². The van der Waals surface area contributed by atoms with Crippen molar-refractivity contribution in [3.05, 3.63) is 60.8 Å². The number of aromatic nitrogens is 4. The Balaban J connectivity index is 1.23. The molecular weight excluding hydrogens is 702 g/mol. The fourth-order valence-electron chi connectivity index (χ4n) is 6.86. The Labute approximate surface area is 322 Å². The van der Waals surface area contributed by atoms with Crippen LogP contribution in [0.1, 0.15) is 65.7 Å². The summed E-state index contributed by atoms with van der Waals surface area (Å²) >= 11 is 0. The molecule has 2 aromatic heterocycles. The molecule has 5 rings (SSSR count). The number of anilines is 1. The lowest BCUT2D eigenvalue weighted by Crippen LogP contribution is -2.53. The highest BCUT2D eigenvalue weighted by Gasteiger charge is 2.37. The van der Waals surface area contributed by atoms with Crippen LogP contribution in [0.5, 0.6) is 0 Å². The Bertz CT molecular complexity index is 1960. The highest BCUT2D eigenvalue weighted by molar-refractivity contribution is 5.90. The molecule has 4 amide bonds. The Hall–Kier alpha value is -5.73. The van der Waals surface area contributed by atoms with Crippen LogP contribution in [0.3, 0.4) is 0 Å². The lowest BCUT2D eigenvalue weighted by Gasteiger charge is -2.32. The molecule has 4 aromatic rings. The second-order valence-corrected chi connectivity index (χ2v) is 14.5. The molecule has 15 nitrogen and oxygen atoms in total. The number of rotatable bonds is 14. The number of ether oxygens (including phenoxy) is 2. The number of methoxy groups -OCH3 is 2. The molecular formula is C40H53N9O6. The molecule has 1 saturated heterocycles. The van der Waals surface area contributed by atoms with E-state index < -0.39 is 24.3 Å². The van der Waals surface area contributed by atoms with Crippen LogP contribution in [-0.4, -0.2) is 106 Å². The normalized spacial score (nSPS) is 15.7. The van der Waals surface area contributed by atoms with E-state index in [1.54, 1.807) is 29.2 Å². The maximum absolute atomic E-state index is 13.5. The topological polar surface area (TPSA) is 184 Å². The summed E-state index contributed by atoms with van der Waals surface area (Å²) in [5.74, 6) is 0.595. The number of alkyl carbamates (subject to hydrolysis) is 2. The molecule has 2 aromatic carbocycles. The van der Waals surface area contributed by atoms with Crippen molar-refractivity contribution >= 4 is 40.7 Å². The van der Waals surface area contributed by atoms with Gasteiger partial charge in [0.1, 0.15) is 17.9 Å². The van der Waals surface area contributed by atoms with E-state index in [2.05, 4.69) is 55.2 Å². The van der Waals surface area contributed by atoms with Gasteiger partial charge < -0.3 is 40.2 Å². The molecule has 4 N–H and O–H groups in total. The number of fused-ring (bicyclic) bond motifs is 1. The van der Waals surface area contributed by atoms with Crippen LogP contribution in [0.25, 0.3) is 33.2 Å². The van der Waals surface area contributed by atoms with Crippen molar-refractivity contribution in [2.45, 2.75) is 78.0 Å². The van der Waals surface area contributed by atoms with Gasteiger partial charge in [-0.3, -0.25) is 9.59 Å². The molecule has 0 bridgehead atoms. The summed E-state index contributed by atoms with van der Waals surface area (Å²) in [5.41, 5.74) is 3.56. The van der Waals surface area contributed by atoms with E-state index in [-0.39, 0.29) is 35.7 Å². The summed E-state index contributed by atoms with van der Waals surface area (Å²) in [5, 5.41) is 10.7. The number of amides is 4. The first-order valence-corrected chi connectivity index (χ1v) is 18.8. The Morgan fingerprint density at radius 3 is 2.09 bits per heavy atom. The van der Waals surface area contributed by atoms with Gasteiger partial charge in [0.05, 0.1) is 26.0 Å². The second kappa shape index (κ2) is 18.1. The van der Waals surface area contributed by atoms with Gasteiger partial charge in [0, 0.05) is 55.9 Å². The van der Waals surface area contributed by atoms with Crippen LogP contribution >= 0.6 is 0 Å². The summed E-state index contributed by atoms with van der Waals surface area (Å²) < 4.78 is 9.46. The van der Waals surface area contributed by atoms with Crippen molar-refractivity contribution in [1.29, 1.82) is 0 Å². The molecule has 1 aliphatic rings. The van der Waals surface area contributed by atoms with Gasteiger partial charge >= 0.3 is 12.2 Å². The molecule has 55 heavy (non-hydrogen) atoms. The van der Waals surface area contributed by atoms with Crippen LogP contribution in [0.2, 0.25) is 0 Å². The highest BCUT2D eigenvalue weighted by Crippen LogP contribution is 2.34. The number of likely N-dealkylation sites (N-methyl/N-ethyl adjacent to an activating group) is 1. The summed E-state index contributed by atoms with van der Waals surface area (Å²) in [6.45, 7) is 10.6. The first-order chi connectivity index (χ1) is 26.3. The fourth-order valence-corrected chi connectivity index (χ4v) is 6.86. The number of imidazole rings is 1. The standard InChI is InChI=1S/C40H53N9O6/c1-9-30(48(6)36(50)33(23(2)3)46-39(52)54-7)21-44-38-42-19-29(20-43-38)27-13-12-26-18-28(15-14-25(26)17-27)31-22-41-35(45-31)32-11-10-16-49(32)37(51)34(24(4)5)47-40(53)55-8/h12-15,17-20,22-24,30,32-34H,9-11,16,21H2,1-8H3,(H,41,45)(H,46,52)(H,47,53)(H,42,43,44)/t30?,32-,33-,34-/m0/s1. The minimum absolute atomic E-state index is 0.110. The van der Waals surface area contributed by atoms with E-state index in [9.17, 15) is 19.2 Å². The molecule has 0 spiro atoms. The number of nitrogens with one attached hydrogen (secondary N) is 4. The van der Waals surface area contributed by atoms with Gasteiger partial charge in [-0.1, -0.05) is 58.9 Å². The number of benzene rings is 2. The fraction of sp³-hybridized carbons (Fsp3) is 0.475. The van der Waals surface area contributed by atoms with E-state index in [1.807, 2.05) is 52.9 Å². The van der Waals surface area contributed by atoms with E-state index in [4.69, 9.17) is 14.5 Å². The number of carbonyl (C=O) groups excluding carboxylic acids is 4. The van der Waals surface area contributed by atoms with Crippen molar-refractivity contribution in [2.75, 3.05) is 39.7 Å². The molecule has 1 unspecified atom stereocenters. The maximum Gasteiger partial charge on any atom is 0.407 e. The predicted octanol–water partition coefficient (Wildman–Crippen LogP) is 5.76. The third kappa shape index (κ3) is 9.51. The largest absolute Gasteiger partial charge is 0.453 e. The molecule has 0 saturated carbocycles. The lowest BCUT2D eigenvalue weighted by atomic mass is 10.0. The number of likely N-dealkylation sites (tertiary alicyclic amines) is 1. The van der Waals surface area contributed by atoms with Crippen molar-refractivity contribution < 1.29 is 28.7 Å². The van der Waals surface area contributed by atoms with Crippen LogP contribution in [0.15, 0.2) is 55.0 Å². The molecule has 294 valence electrons. The lowest BCUT2D eigenvalue weighted by molar-refractivity contribution is -0.136. The zero-order chi connectivity index (χ0) is 39.8. The average Bonchev–Trinajstić information content (AvgIpc) is 3.89. The third-order valence-corrected chi connectivity index (χ3v) is 10.2. The van der Waals surface area contributed by atoms with Gasteiger partial charge in [-0.2, -0.15) is 0 Å². The number of nitrogens with zero attached hydrogens (tertiary/aromatic N) is 5. The van der Waals surface area contributed by atoms with Crippen molar-refractivity contribution in [3.63, 3.8) is 0 Å². The monoisotopic (exact) mass is 755 g/mol. The third-order valence-electron chi connectivity index (χ3n) is 10.2. The molecule has 0 radical (unpaired) electrons. The average molecular weight is 756 g/mol. The van der Waals surface area contributed by atoms with E-state index >= 15 is 0 Å². The number of carbonyl (C=O) groups is 4. The minimum Gasteiger partial charge on any atom is -0.453 e. The number of H-pyrrole nitrogens is 1. The van der Waals surface area contributed by atoms with Gasteiger partial charge in [0.25, 0.3) is 0 Å². The summed E-state index contributed by atoms with van der Waals surface area (Å²) in [6.07, 6.45) is 6.45. The second-order valence-electron chi connectivity index (χ2n) is 14.5. The van der Waals surface area contributed by atoms with Crippen molar-refractivity contribution in [1.82, 2.24) is 40.4 Å². The Morgan fingerprint density at radius 1 is 0.891 bits per heavy atom. The van der Waals surface area contributed by atoms with Gasteiger partial charge in [0.15, 0.2) is 0 Å². The van der Waals surface area contributed by atoms with Gasteiger partial charge in [-0.05, 0) is 59.6 Å².